The van der Waals surface area contributed by atoms with Crippen molar-refractivity contribution in [1.82, 2.24) is 0 Å². The third-order valence-electron chi connectivity index (χ3n) is 10.8. The minimum Gasteiger partial charge on any atom is -0.455 e. The van der Waals surface area contributed by atoms with Crippen LogP contribution in [0.2, 0.25) is 0 Å². The molecule has 1 unspecified atom stereocenters. The van der Waals surface area contributed by atoms with Gasteiger partial charge in [-0.15, -0.1) is 0 Å². The second-order valence-corrected chi connectivity index (χ2v) is 14.0. The average molecular weight is 692 g/mol. The van der Waals surface area contributed by atoms with Gasteiger partial charge in [-0.3, -0.25) is 0 Å². The Kier molecular flexibility index (Phi) is 8.00. The Balaban J connectivity index is 1.22. The molecule has 0 amide bonds. The van der Waals surface area contributed by atoms with Crippen LogP contribution in [0.5, 0.6) is 0 Å². The van der Waals surface area contributed by atoms with Crippen LogP contribution in [-0.4, -0.2) is 0 Å². The average Bonchev–Trinajstić information content (AvgIpc) is 3.64. The Labute approximate surface area is 315 Å². The van der Waals surface area contributed by atoms with Gasteiger partial charge in [-0.2, -0.15) is 0 Å². The first-order valence-corrected chi connectivity index (χ1v) is 18.7. The fraction of sp³-hybridized carbons (Fsp3) is 0.0385. The summed E-state index contributed by atoms with van der Waals surface area (Å²) in [5.41, 5.74) is 13.6. The number of allylic oxidation sites excluding steroid dienone is 4. The third kappa shape index (κ3) is 5.60. The maximum absolute atomic E-state index is 6.56. The van der Waals surface area contributed by atoms with E-state index in [9.17, 15) is 0 Å². The number of benzene rings is 8. The maximum atomic E-state index is 6.56. The molecule has 0 radical (unpaired) electrons. The number of hydrogen-bond donors (Lipinski definition) is 0. The number of para-hydroxylation sites is 3. The molecule has 0 saturated heterocycles. The van der Waals surface area contributed by atoms with Crippen LogP contribution in [0.15, 0.2) is 216 Å². The van der Waals surface area contributed by atoms with Crippen molar-refractivity contribution in [3.05, 3.63) is 223 Å². The molecule has 2 heteroatoms. The summed E-state index contributed by atoms with van der Waals surface area (Å²) < 4.78 is 6.56. The first kappa shape index (κ1) is 31.8. The Bertz CT molecular complexity index is 2860. The van der Waals surface area contributed by atoms with E-state index in [0.29, 0.717) is 0 Å². The lowest BCUT2D eigenvalue weighted by molar-refractivity contribution is 0.670. The Hall–Kier alpha value is -6.90. The Morgan fingerprint density at radius 2 is 1.11 bits per heavy atom. The molecule has 1 aliphatic rings. The minimum absolute atomic E-state index is 0.121. The molecule has 2 nitrogen and oxygen atoms in total. The molecule has 0 aliphatic heterocycles. The van der Waals surface area contributed by atoms with E-state index >= 15 is 0 Å². The lowest BCUT2D eigenvalue weighted by atomic mass is 9.83. The Morgan fingerprint density at radius 3 is 2.00 bits per heavy atom. The highest BCUT2D eigenvalue weighted by molar-refractivity contribution is 6.09. The number of rotatable bonds is 7. The molecule has 256 valence electrons. The lowest BCUT2D eigenvalue weighted by Gasteiger charge is -2.36. The van der Waals surface area contributed by atoms with Crippen LogP contribution in [0.3, 0.4) is 0 Å². The van der Waals surface area contributed by atoms with Gasteiger partial charge in [-0.1, -0.05) is 176 Å². The molecule has 0 saturated carbocycles. The van der Waals surface area contributed by atoms with Gasteiger partial charge in [0.1, 0.15) is 11.2 Å². The van der Waals surface area contributed by atoms with Crippen LogP contribution < -0.4 is 4.90 Å². The summed E-state index contributed by atoms with van der Waals surface area (Å²) >= 11 is 0. The van der Waals surface area contributed by atoms with E-state index < -0.39 is 0 Å². The van der Waals surface area contributed by atoms with E-state index in [1.54, 1.807) is 0 Å². The number of fused-ring (bicyclic) bond motifs is 4. The summed E-state index contributed by atoms with van der Waals surface area (Å²) in [6.45, 7) is 0. The molecule has 54 heavy (non-hydrogen) atoms. The van der Waals surface area contributed by atoms with Crippen molar-refractivity contribution in [2.45, 2.75) is 12.3 Å². The number of furan rings is 1. The first-order chi connectivity index (χ1) is 26.8. The minimum atomic E-state index is 0.121. The molecule has 0 fully saturated rings. The van der Waals surface area contributed by atoms with Crippen LogP contribution in [0, 0.1) is 0 Å². The van der Waals surface area contributed by atoms with Crippen LogP contribution in [0.1, 0.15) is 23.5 Å². The smallest absolute Gasteiger partial charge is 0.143 e. The zero-order chi connectivity index (χ0) is 35.8. The van der Waals surface area contributed by atoms with Gasteiger partial charge in [-0.05, 0) is 75.4 Å². The highest BCUT2D eigenvalue weighted by atomic mass is 16.3. The van der Waals surface area contributed by atoms with Crippen molar-refractivity contribution in [3.63, 3.8) is 0 Å². The lowest BCUT2D eigenvalue weighted by Crippen LogP contribution is -2.24. The van der Waals surface area contributed by atoms with Gasteiger partial charge in [0.2, 0.25) is 0 Å². The summed E-state index contributed by atoms with van der Waals surface area (Å²) in [5.74, 6) is 0.121. The zero-order valence-corrected chi connectivity index (χ0v) is 29.8. The van der Waals surface area contributed by atoms with Crippen molar-refractivity contribution in [1.29, 1.82) is 0 Å². The fourth-order valence-corrected chi connectivity index (χ4v) is 8.31. The van der Waals surface area contributed by atoms with E-state index in [-0.39, 0.29) is 5.92 Å². The molecule has 0 bridgehead atoms. The molecule has 1 aliphatic carbocycles. The quantitative estimate of drug-likeness (QED) is 0.165. The van der Waals surface area contributed by atoms with Crippen molar-refractivity contribution >= 4 is 49.7 Å². The largest absolute Gasteiger partial charge is 0.455 e. The zero-order valence-electron chi connectivity index (χ0n) is 29.8. The summed E-state index contributed by atoms with van der Waals surface area (Å²) in [6.07, 6.45) is 5.75. The Morgan fingerprint density at radius 1 is 0.481 bits per heavy atom. The fourth-order valence-electron chi connectivity index (χ4n) is 8.31. The predicted octanol–water partition coefficient (Wildman–Crippen LogP) is 14.4. The van der Waals surface area contributed by atoms with Gasteiger partial charge in [0, 0.05) is 39.2 Å². The normalized spacial score (nSPS) is 14.3. The number of anilines is 2. The van der Waals surface area contributed by atoms with Gasteiger partial charge >= 0.3 is 0 Å². The molecule has 0 N–H and O–H groups in total. The van der Waals surface area contributed by atoms with Gasteiger partial charge in [-0.25, -0.2) is 0 Å². The van der Waals surface area contributed by atoms with E-state index in [4.69, 9.17) is 4.42 Å². The van der Waals surface area contributed by atoms with E-state index in [1.807, 2.05) is 6.07 Å². The van der Waals surface area contributed by atoms with Crippen LogP contribution >= 0.6 is 0 Å². The van der Waals surface area contributed by atoms with Crippen molar-refractivity contribution in [3.8, 4) is 22.3 Å². The maximum Gasteiger partial charge on any atom is 0.143 e. The third-order valence-corrected chi connectivity index (χ3v) is 10.8. The standard InChI is InChI=1S/C52H37NO/c1-3-16-37(17-4-1)44-25-9-11-30-49(44)53(41-23-13-22-39(34-41)46-28-15-29-48-47-26-10-12-31-51(47)54-52(46)48)50-35-40(32-33-45(50)38-18-5-2-6-19-38)43-27-14-21-36-20-7-8-24-42(36)43/h1-32,34-35,45H,33H2. The van der Waals surface area contributed by atoms with Crippen molar-refractivity contribution in [2.24, 2.45) is 0 Å². The van der Waals surface area contributed by atoms with Crippen LogP contribution in [-0.2, 0) is 0 Å². The summed E-state index contributed by atoms with van der Waals surface area (Å²) in [6, 6.07) is 69.7. The molecular formula is C52H37NO. The van der Waals surface area contributed by atoms with E-state index in [1.165, 1.54) is 44.3 Å². The first-order valence-electron chi connectivity index (χ1n) is 18.7. The second-order valence-electron chi connectivity index (χ2n) is 14.0. The van der Waals surface area contributed by atoms with Crippen molar-refractivity contribution < 1.29 is 4.42 Å². The monoisotopic (exact) mass is 691 g/mol. The van der Waals surface area contributed by atoms with E-state index in [0.717, 1.165) is 50.9 Å². The topological polar surface area (TPSA) is 16.4 Å². The molecule has 9 aromatic rings. The van der Waals surface area contributed by atoms with Gasteiger partial charge in [0.05, 0.1) is 5.69 Å². The van der Waals surface area contributed by atoms with Gasteiger partial charge in [0.25, 0.3) is 0 Å². The molecule has 0 spiro atoms. The molecule has 1 atom stereocenters. The second kappa shape index (κ2) is 13.6. The van der Waals surface area contributed by atoms with Crippen LogP contribution in [0.25, 0.3) is 60.5 Å². The van der Waals surface area contributed by atoms with Gasteiger partial charge in [0.15, 0.2) is 0 Å². The highest BCUT2D eigenvalue weighted by Crippen LogP contribution is 2.47. The summed E-state index contributed by atoms with van der Waals surface area (Å²) in [7, 11) is 0. The highest BCUT2D eigenvalue weighted by Gasteiger charge is 2.29. The molecule has 8 aromatic carbocycles. The van der Waals surface area contributed by atoms with E-state index in [2.05, 4.69) is 205 Å². The van der Waals surface area contributed by atoms with Crippen LogP contribution in [0.4, 0.5) is 11.4 Å². The number of nitrogens with zero attached hydrogens (tertiary/aromatic N) is 1. The molecule has 1 heterocycles. The van der Waals surface area contributed by atoms with Crippen molar-refractivity contribution in [2.75, 3.05) is 4.90 Å². The number of hydrogen-bond acceptors (Lipinski definition) is 2. The molecule has 10 rings (SSSR count). The predicted molar refractivity (Wildman–Crippen MR) is 227 cm³/mol. The SMILES string of the molecule is C1=C(c2cccc3ccccc23)C=C(N(c2cccc(-c3cccc4c3oc3ccccc34)c2)c2ccccc2-c2ccccc2)C(c2ccccc2)C1. The van der Waals surface area contributed by atoms with Gasteiger partial charge < -0.3 is 9.32 Å². The summed E-state index contributed by atoms with van der Waals surface area (Å²) in [5, 5.41) is 4.77. The molecular weight excluding hydrogens is 655 g/mol. The molecule has 1 aromatic heterocycles. The summed E-state index contributed by atoms with van der Waals surface area (Å²) in [4.78, 5) is 2.51.